The van der Waals surface area contributed by atoms with E-state index in [2.05, 4.69) is 23.7 Å². The molecule has 100 valence electrons. The first-order valence-electron chi connectivity index (χ1n) is 6.78. The molecule has 1 aliphatic carbocycles. The molecule has 0 amide bonds. The first-order valence-corrected chi connectivity index (χ1v) is 8.07. The third kappa shape index (κ3) is 3.74. The predicted molar refractivity (Wildman–Crippen MR) is 78.8 cm³/mol. The smallest absolute Gasteiger partial charge is 0.0681 e. The first kappa shape index (κ1) is 13.9. The van der Waals surface area contributed by atoms with Gasteiger partial charge in [-0.3, -0.25) is 0 Å². The number of hydrogen-bond donors (Lipinski definition) is 2. The van der Waals surface area contributed by atoms with Crippen LogP contribution < -0.4 is 5.32 Å². The number of benzene rings is 1. The fourth-order valence-corrected chi connectivity index (χ4v) is 3.59. The van der Waals surface area contributed by atoms with Gasteiger partial charge in [0, 0.05) is 17.8 Å². The van der Waals surface area contributed by atoms with E-state index in [9.17, 15) is 0 Å². The first-order chi connectivity index (χ1) is 8.83. The number of nitrogens with one attached hydrogen (secondary N) is 1. The highest BCUT2D eigenvalue weighted by molar-refractivity contribution is 7.99. The van der Waals surface area contributed by atoms with Gasteiger partial charge in [-0.2, -0.15) is 11.8 Å². The highest BCUT2D eigenvalue weighted by Gasteiger charge is 2.23. The van der Waals surface area contributed by atoms with E-state index in [1.165, 1.54) is 31.2 Å². The van der Waals surface area contributed by atoms with Crippen molar-refractivity contribution in [2.45, 2.75) is 50.1 Å². The molecule has 2 rings (SSSR count). The molecule has 2 nitrogen and oxygen atoms in total. The number of aliphatic hydroxyl groups is 1. The van der Waals surface area contributed by atoms with Crippen molar-refractivity contribution in [2.75, 3.05) is 6.26 Å². The van der Waals surface area contributed by atoms with Gasteiger partial charge in [0.2, 0.25) is 0 Å². The predicted octanol–water partition coefficient (Wildman–Crippen LogP) is 2.94. The SMILES string of the molecule is CSC1CCCCC1NCc1ccc(CO)cc1. The van der Waals surface area contributed by atoms with Crippen LogP contribution in [-0.4, -0.2) is 22.7 Å². The van der Waals surface area contributed by atoms with Crippen LogP contribution in [0.4, 0.5) is 0 Å². The van der Waals surface area contributed by atoms with Crippen molar-refractivity contribution >= 4 is 11.8 Å². The number of rotatable bonds is 5. The number of aliphatic hydroxyl groups excluding tert-OH is 1. The standard InChI is InChI=1S/C15H23NOS/c1-18-15-5-3-2-4-14(15)16-10-12-6-8-13(11-17)9-7-12/h6-9,14-17H,2-5,10-11H2,1H3. The molecule has 0 saturated heterocycles. The average molecular weight is 265 g/mol. The summed E-state index contributed by atoms with van der Waals surface area (Å²) in [4.78, 5) is 0. The van der Waals surface area contributed by atoms with Crippen molar-refractivity contribution in [3.63, 3.8) is 0 Å². The Morgan fingerprint density at radius 3 is 2.50 bits per heavy atom. The van der Waals surface area contributed by atoms with Gasteiger partial charge in [-0.25, -0.2) is 0 Å². The molecule has 0 heterocycles. The zero-order valence-corrected chi connectivity index (χ0v) is 11.9. The Bertz CT molecular complexity index is 352. The minimum atomic E-state index is 0.130. The molecular weight excluding hydrogens is 242 g/mol. The van der Waals surface area contributed by atoms with E-state index in [1.807, 2.05) is 23.9 Å². The Morgan fingerprint density at radius 1 is 1.17 bits per heavy atom. The molecule has 2 N–H and O–H groups in total. The van der Waals surface area contributed by atoms with Gasteiger partial charge in [0.15, 0.2) is 0 Å². The maximum atomic E-state index is 9.01. The van der Waals surface area contributed by atoms with E-state index in [1.54, 1.807) is 0 Å². The lowest BCUT2D eigenvalue weighted by Gasteiger charge is -2.31. The zero-order valence-electron chi connectivity index (χ0n) is 11.1. The summed E-state index contributed by atoms with van der Waals surface area (Å²) in [6, 6.07) is 8.88. The molecule has 3 heteroatoms. The summed E-state index contributed by atoms with van der Waals surface area (Å²) in [6.07, 6.45) is 7.62. The molecule has 0 spiro atoms. The molecule has 1 aliphatic rings. The third-order valence-corrected chi connectivity index (χ3v) is 4.95. The molecule has 1 aromatic carbocycles. The normalized spacial score (nSPS) is 24.1. The van der Waals surface area contributed by atoms with Crippen LogP contribution in [0.3, 0.4) is 0 Å². The van der Waals surface area contributed by atoms with Crippen molar-refractivity contribution in [3.8, 4) is 0 Å². The highest BCUT2D eigenvalue weighted by Crippen LogP contribution is 2.27. The quantitative estimate of drug-likeness (QED) is 0.858. The monoisotopic (exact) mass is 265 g/mol. The van der Waals surface area contributed by atoms with E-state index < -0.39 is 0 Å². The molecular formula is C15H23NOS. The van der Waals surface area contributed by atoms with Gasteiger partial charge in [-0.05, 0) is 30.2 Å². The molecule has 0 radical (unpaired) electrons. The van der Waals surface area contributed by atoms with Crippen molar-refractivity contribution in [2.24, 2.45) is 0 Å². The van der Waals surface area contributed by atoms with Crippen LogP contribution in [-0.2, 0) is 13.2 Å². The van der Waals surface area contributed by atoms with E-state index in [0.29, 0.717) is 6.04 Å². The van der Waals surface area contributed by atoms with E-state index in [-0.39, 0.29) is 6.61 Å². The zero-order chi connectivity index (χ0) is 12.8. The maximum absolute atomic E-state index is 9.01. The second-order valence-corrected chi connectivity index (χ2v) is 6.10. The number of thioether (sulfide) groups is 1. The summed E-state index contributed by atoms with van der Waals surface area (Å²) in [7, 11) is 0. The van der Waals surface area contributed by atoms with Crippen LogP contribution in [0.5, 0.6) is 0 Å². The summed E-state index contributed by atoms with van der Waals surface area (Å²) in [6.45, 7) is 1.07. The van der Waals surface area contributed by atoms with Crippen LogP contribution in [0.15, 0.2) is 24.3 Å². The topological polar surface area (TPSA) is 32.3 Å². The van der Waals surface area contributed by atoms with Crippen molar-refractivity contribution < 1.29 is 5.11 Å². The van der Waals surface area contributed by atoms with Crippen molar-refractivity contribution in [1.29, 1.82) is 0 Å². The molecule has 0 aliphatic heterocycles. The van der Waals surface area contributed by atoms with Crippen LogP contribution in [0, 0.1) is 0 Å². The van der Waals surface area contributed by atoms with Gasteiger partial charge in [-0.1, -0.05) is 37.1 Å². The van der Waals surface area contributed by atoms with Gasteiger partial charge in [0.05, 0.1) is 6.61 Å². The molecule has 18 heavy (non-hydrogen) atoms. The lowest BCUT2D eigenvalue weighted by Crippen LogP contribution is -2.39. The van der Waals surface area contributed by atoms with E-state index in [4.69, 9.17) is 5.11 Å². The summed E-state index contributed by atoms with van der Waals surface area (Å²) in [5, 5.41) is 13.5. The van der Waals surface area contributed by atoms with Gasteiger partial charge in [0.1, 0.15) is 0 Å². The number of hydrogen-bond acceptors (Lipinski definition) is 3. The molecule has 1 aromatic rings. The molecule has 2 unspecified atom stereocenters. The Morgan fingerprint density at radius 2 is 1.83 bits per heavy atom. The van der Waals surface area contributed by atoms with Gasteiger partial charge in [-0.15, -0.1) is 0 Å². The Balaban J connectivity index is 1.85. The summed E-state index contributed by atoms with van der Waals surface area (Å²) in [5.74, 6) is 0. The Labute approximate surface area is 114 Å². The highest BCUT2D eigenvalue weighted by atomic mass is 32.2. The lowest BCUT2D eigenvalue weighted by molar-refractivity contribution is 0.282. The summed E-state index contributed by atoms with van der Waals surface area (Å²) in [5.41, 5.74) is 2.29. The minimum Gasteiger partial charge on any atom is -0.392 e. The maximum Gasteiger partial charge on any atom is 0.0681 e. The van der Waals surface area contributed by atoms with E-state index >= 15 is 0 Å². The molecule has 1 saturated carbocycles. The largest absolute Gasteiger partial charge is 0.392 e. The molecule has 0 aromatic heterocycles. The van der Waals surface area contributed by atoms with Crippen LogP contribution in [0.25, 0.3) is 0 Å². The second kappa shape index (κ2) is 7.17. The Kier molecular flexibility index (Phi) is 5.54. The van der Waals surface area contributed by atoms with Gasteiger partial charge < -0.3 is 10.4 Å². The Hall–Kier alpha value is -0.510. The second-order valence-electron chi connectivity index (χ2n) is 5.02. The molecule has 1 fully saturated rings. The summed E-state index contributed by atoms with van der Waals surface area (Å²) >= 11 is 2.00. The van der Waals surface area contributed by atoms with Gasteiger partial charge in [0.25, 0.3) is 0 Å². The van der Waals surface area contributed by atoms with E-state index in [0.717, 1.165) is 17.4 Å². The fraction of sp³-hybridized carbons (Fsp3) is 0.600. The molecule has 2 atom stereocenters. The van der Waals surface area contributed by atoms with Crippen LogP contribution >= 0.6 is 11.8 Å². The van der Waals surface area contributed by atoms with Gasteiger partial charge >= 0.3 is 0 Å². The lowest BCUT2D eigenvalue weighted by atomic mass is 9.94. The summed E-state index contributed by atoms with van der Waals surface area (Å²) < 4.78 is 0. The van der Waals surface area contributed by atoms with Crippen molar-refractivity contribution in [1.82, 2.24) is 5.32 Å². The van der Waals surface area contributed by atoms with Crippen molar-refractivity contribution in [3.05, 3.63) is 35.4 Å². The minimum absolute atomic E-state index is 0.130. The van der Waals surface area contributed by atoms with Crippen LogP contribution in [0.1, 0.15) is 36.8 Å². The fourth-order valence-electron chi connectivity index (χ4n) is 2.62. The van der Waals surface area contributed by atoms with Crippen LogP contribution in [0.2, 0.25) is 0 Å². The average Bonchev–Trinajstić information content (AvgIpc) is 2.46. The molecule has 0 bridgehead atoms. The third-order valence-electron chi connectivity index (χ3n) is 3.78.